The van der Waals surface area contributed by atoms with Crippen molar-refractivity contribution in [3.8, 4) is 11.5 Å². The summed E-state index contributed by atoms with van der Waals surface area (Å²) in [4.78, 5) is 29.4. The van der Waals surface area contributed by atoms with Crippen LogP contribution in [0.1, 0.15) is 43.4 Å². The Kier molecular flexibility index (Phi) is 5.60. The van der Waals surface area contributed by atoms with Gasteiger partial charge in [0.05, 0.1) is 31.4 Å². The van der Waals surface area contributed by atoms with Crippen LogP contribution in [0.25, 0.3) is 0 Å². The van der Waals surface area contributed by atoms with Crippen LogP contribution in [0.4, 0.5) is 0 Å². The normalized spacial score (nSPS) is 17.6. The molecule has 0 unspecified atom stereocenters. The summed E-state index contributed by atoms with van der Waals surface area (Å²) in [6.45, 7) is 1.74. The summed E-state index contributed by atoms with van der Waals surface area (Å²) in [5.74, 6) is 0.994. The van der Waals surface area contributed by atoms with Crippen molar-refractivity contribution in [1.29, 1.82) is 0 Å². The second-order valence-electron chi connectivity index (χ2n) is 8.31. The zero-order valence-corrected chi connectivity index (χ0v) is 18.8. The first-order chi connectivity index (χ1) is 16.1. The van der Waals surface area contributed by atoms with E-state index in [1.807, 2.05) is 18.2 Å². The quantitative estimate of drug-likeness (QED) is 0.541. The molecule has 0 spiro atoms. The number of hydrogen-bond donors (Lipinski definition) is 0. The summed E-state index contributed by atoms with van der Waals surface area (Å²) in [5.41, 5.74) is 4.52. The number of fused-ring (bicyclic) bond motifs is 2. The molecule has 5 rings (SSSR count). The molecule has 0 saturated heterocycles. The highest BCUT2D eigenvalue weighted by molar-refractivity contribution is 6.21. The smallest absolute Gasteiger partial charge is 0.261 e. The molecule has 1 atom stereocenters. The first-order valence-corrected chi connectivity index (χ1v) is 11.1. The summed E-state index contributed by atoms with van der Waals surface area (Å²) in [5, 5.41) is 0. The summed E-state index contributed by atoms with van der Waals surface area (Å²) in [6.07, 6.45) is 0.848. The molecular formula is C27H26N2O4. The second kappa shape index (κ2) is 8.71. The van der Waals surface area contributed by atoms with Gasteiger partial charge in [0, 0.05) is 19.6 Å². The van der Waals surface area contributed by atoms with Crippen molar-refractivity contribution >= 4 is 11.8 Å². The van der Waals surface area contributed by atoms with Crippen LogP contribution in [-0.4, -0.2) is 55.5 Å². The summed E-state index contributed by atoms with van der Waals surface area (Å²) in [7, 11) is 3.29. The van der Waals surface area contributed by atoms with E-state index in [-0.39, 0.29) is 17.9 Å². The number of benzene rings is 3. The van der Waals surface area contributed by atoms with Crippen LogP contribution in [0.5, 0.6) is 11.5 Å². The number of ether oxygens (including phenoxy) is 2. The average Bonchev–Trinajstić information content (AvgIpc) is 3.11. The van der Waals surface area contributed by atoms with E-state index in [4.69, 9.17) is 9.47 Å². The van der Waals surface area contributed by atoms with Gasteiger partial charge in [-0.3, -0.25) is 19.4 Å². The fourth-order valence-electron chi connectivity index (χ4n) is 4.93. The van der Waals surface area contributed by atoms with Gasteiger partial charge in [0.1, 0.15) is 0 Å². The van der Waals surface area contributed by atoms with Crippen molar-refractivity contribution in [3.05, 3.63) is 94.5 Å². The largest absolute Gasteiger partial charge is 0.493 e. The highest BCUT2D eigenvalue weighted by Crippen LogP contribution is 2.41. The Morgan fingerprint density at radius 3 is 2.06 bits per heavy atom. The highest BCUT2D eigenvalue weighted by atomic mass is 16.5. The SMILES string of the molecule is COc1cc2c(cc1OC)[C@@H](c1ccccc1)N(CCN1C(=O)c3ccccc3C1=O)CC2. The average molecular weight is 443 g/mol. The Morgan fingerprint density at radius 2 is 1.42 bits per heavy atom. The summed E-state index contributed by atoms with van der Waals surface area (Å²) < 4.78 is 11.1. The molecule has 2 amide bonds. The van der Waals surface area contributed by atoms with Gasteiger partial charge in [0.25, 0.3) is 11.8 Å². The first kappa shape index (κ1) is 21.2. The minimum Gasteiger partial charge on any atom is -0.493 e. The number of hydrogen-bond acceptors (Lipinski definition) is 5. The molecule has 3 aromatic rings. The van der Waals surface area contributed by atoms with Crippen molar-refractivity contribution in [2.45, 2.75) is 12.5 Å². The predicted molar refractivity (Wildman–Crippen MR) is 125 cm³/mol. The van der Waals surface area contributed by atoms with E-state index >= 15 is 0 Å². The van der Waals surface area contributed by atoms with Crippen molar-refractivity contribution < 1.29 is 19.1 Å². The topological polar surface area (TPSA) is 59.1 Å². The molecule has 33 heavy (non-hydrogen) atoms. The molecule has 6 heteroatoms. The molecule has 168 valence electrons. The third kappa shape index (κ3) is 3.66. The van der Waals surface area contributed by atoms with Gasteiger partial charge in [-0.2, -0.15) is 0 Å². The summed E-state index contributed by atoms with van der Waals surface area (Å²) >= 11 is 0. The van der Waals surface area contributed by atoms with Crippen LogP contribution >= 0.6 is 0 Å². The van der Waals surface area contributed by atoms with Crippen LogP contribution in [0.2, 0.25) is 0 Å². The first-order valence-electron chi connectivity index (χ1n) is 11.1. The molecular weight excluding hydrogens is 416 g/mol. The van der Waals surface area contributed by atoms with Gasteiger partial charge in [0.2, 0.25) is 0 Å². The lowest BCUT2D eigenvalue weighted by Gasteiger charge is -2.38. The number of nitrogens with zero attached hydrogens (tertiary/aromatic N) is 2. The third-order valence-corrected chi connectivity index (χ3v) is 6.58. The molecule has 6 nitrogen and oxygen atoms in total. The van der Waals surface area contributed by atoms with Crippen molar-refractivity contribution in [3.63, 3.8) is 0 Å². The molecule has 0 N–H and O–H groups in total. The molecule has 0 saturated carbocycles. The van der Waals surface area contributed by atoms with Crippen molar-refractivity contribution in [1.82, 2.24) is 9.80 Å². The van der Waals surface area contributed by atoms with Gasteiger partial charge >= 0.3 is 0 Å². The fourth-order valence-corrected chi connectivity index (χ4v) is 4.93. The number of amides is 2. The number of rotatable bonds is 6. The standard InChI is InChI=1S/C27H26N2O4/c1-32-23-16-19-12-13-28(14-15-29-26(30)20-10-6-7-11-21(20)27(29)31)25(18-8-4-3-5-9-18)22(19)17-24(23)33-2/h3-11,16-17,25H,12-15H2,1-2H3/t25-/m1/s1. The number of methoxy groups -OCH3 is 2. The van der Waals surface area contributed by atoms with Crippen LogP contribution in [0, 0.1) is 0 Å². The van der Waals surface area contributed by atoms with Crippen LogP contribution < -0.4 is 9.47 Å². The molecule has 0 fully saturated rings. The van der Waals surface area contributed by atoms with E-state index in [2.05, 4.69) is 29.2 Å². The van der Waals surface area contributed by atoms with Crippen LogP contribution in [0.15, 0.2) is 66.7 Å². The van der Waals surface area contributed by atoms with Gasteiger partial charge in [-0.25, -0.2) is 0 Å². The Bertz CT molecular complexity index is 1170. The third-order valence-electron chi connectivity index (χ3n) is 6.58. The minimum atomic E-state index is -0.212. The van der Waals surface area contributed by atoms with E-state index in [1.54, 1.807) is 38.5 Å². The zero-order valence-electron chi connectivity index (χ0n) is 18.8. The molecule has 2 heterocycles. The van der Waals surface area contributed by atoms with Crippen molar-refractivity contribution in [2.75, 3.05) is 33.9 Å². The number of carbonyl (C=O) groups excluding carboxylic acids is 2. The van der Waals surface area contributed by atoms with Crippen LogP contribution in [-0.2, 0) is 6.42 Å². The maximum atomic E-state index is 12.8. The van der Waals surface area contributed by atoms with E-state index < -0.39 is 0 Å². The molecule has 2 aliphatic rings. The van der Waals surface area contributed by atoms with Gasteiger partial charge in [-0.1, -0.05) is 42.5 Å². The fraction of sp³-hybridized carbons (Fsp3) is 0.259. The lowest BCUT2D eigenvalue weighted by Crippen LogP contribution is -2.42. The minimum absolute atomic E-state index is 0.00932. The molecule has 0 aromatic heterocycles. The summed E-state index contributed by atoms with van der Waals surface area (Å²) in [6, 6.07) is 21.4. The molecule has 3 aromatic carbocycles. The van der Waals surface area contributed by atoms with Gasteiger partial charge in [0.15, 0.2) is 11.5 Å². The molecule has 2 aliphatic heterocycles. The van der Waals surface area contributed by atoms with Crippen LogP contribution in [0.3, 0.4) is 0 Å². The lowest BCUT2D eigenvalue weighted by molar-refractivity contribution is 0.0626. The monoisotopic (exact) mass is 442 g/mol. The maximum absolute atomic E-state index is 12.8. The Balaban J connectivity index is 1.46. The Labute approximate surface area is 193 Å². The number of imide groups is 1. The Hall–Kier alpha value is -3.64. The van der Waals surface area contributed by atoms with E-state index in [0.29, 0.717) is 30.0 Å². The van der Waals surface area contributed by atoms with Crippen molar-refractivity contribution in [2.24, 2.45) is 0 Å². The van der Waals surface area contributed by atoms with Gasteiger partial charge < -0.3 is 9.47 Å². The zero-order chi connectivity index (χ0) is 22.9. The predicted octanol–water partition coefficient (Wildman–Crippen LogP) is 3.95. The number of carbonyl (C=O) groups is 2. The lowest BCUT2D eigenvalue weighted by atomic mass is 9.87. The molecule has 0 aliphatic carbocycles. The molecule has 0 bridgehead atoms. The maximum Gasteiger partial charge on any atom is 0.261 e. The van der Waals surface area contributed by atoms with E-state index in [1.165, 1.54) is 10.5 Å². The highest BCUT2D eigenvalue weighted by Gasteiger charge is 2.36. The van der Waals surface area contributed by atoms with E-state index in [0.717, 1.165) is 29.8 Å². The van der Waals surface area contributed by atoms with E-state index in [9.17, 15) is 9.59 Å². The molecule has 0 radical (unpaired) electrons. The van der Waals surface area contributed by atoms with Gasteiger partial charge in [-0.05, 0) is 47.4 Å². The Morgan fingerprint density at radius 1 is 0.818 bits per heavy atom. The second-order valence-corrected chi connectivity index (χ2v) is 8.31. The van der Waals surface area contributed by atoms with Gasteiger partial charge in [-0.15, -0.1) is 0 Å².